The van der Waals surface area contributed by atoms with Gasteiger partial charge in [0.15, 0.2) is 5.75 Å². The van der Waals surface area contributed by atoms with Crippen LogP contribution < -0.4 is 15.5 Å². The van der Waals surface area contributed by atoms with E-state index in [0.717, 1.165) is 17.8 Å². The van der Waals surface area contributed by atoms with E-state index < -0.39 is 28.2 Å². The number of rotatable bonds is 6. The number of aromatic hydroxyl groups is 1. The fourth-order valence-corrected chi connectivity index (χ4v) is 2.13. The fraction of sp³-hybridized carbons (Fsp3) is 0.167. The molecule has 0 fully saturated rings. The molecule has 10 nitrogen and oxygen atoms in total. The molecule has 0 aliphatic rings. The highest BCUT2D eigenvalue weighted by Crippen LogP contribution is 2.36. The topological polar surface area (TPSA) is 143 Å². The number of hydrogen-bond donors (Lipinski definition) is 3. The number of nitrogens with zero attached hydrogens (tertiary/aromatic N) is 2. The number of hydrogen-bond acceptors (Lipinski definition) is 7. The quantitative estimate of drug-likeness (QED) is 0.300. The molecule has 0 saturated carbocycles. The molecule has 0 heterocycles. The molecule has 0 aromatic heterocycles. The molecule has 2 aromatic rings. The smallest absolute Gasteiger partial charge is 0.329 e. The van der Waals surface area contributed by atoms with E-state index >= 15 is 0 Å². The number of ether oxygens (including phenoxy) is 1. The van der Waals surface area contributed by atoms with Gasteiger partial charge in [0.2, 0.25) is 5.75 Å². The molecule has 0 atom stereocenters. The van der Waals surface area contributed by atoms with E-state index in [0.29, 0.717) is 5.69 Å². The molecule has 146 valence electrons. The Hall–Kier alpha value is -3.95. The molecule has 0 unspecified atom stereocenters. The number of amides is 2. The van der Waals surface area contributed by atoms with Gasteiger partial charge in [-0.2, -0.15) is 5.10 Å². The third kappa shape index (κ3) is 5.27. The van der Waals surface area contributed by atoms with Gasteiger partial charge in [-0.05, 0) is 32.0 Å². The van der Waals surface area contributed by atoms with E-state index in [1.807, 2.05) is 12.3 Å². The summed E-state index contributed by atoms with van der Waals surface area (Å²) in [6.07, 6.45) is 1.09. The van der Waals surface area contributed by atoms with Crippen LogP contribution in [0.2, 0.25) is 0 Å². The highest BCUT2D eigenvalue weighted by atomic mass is 16.6. The van der Waals surface area contributed by atoms with Crippen molar-refractivity contribution in [1.82, 2.24) is 5.43 Å². The Labute approximate surface area is 160 Å². The summed E-state index contributed by atoms with van der Waals surface area (Å²) in [4.78, 5) is 33.9. The standard InChI is InChI=1S/C18H18N4O6/c1-3-28-15-9-12(8-14(16(15)23)22(26)27)10-19-21-18(25)17(24)20-13-6-4-11(2)5-7-13/h4-10,23H,3H2,1-2H3,(H,20,24)(H,21,25)/b19-10-. The highest BCUT2D eigenvalue weighted by molar-refractivity contribution is 6.39. The zero-order valence-corrected chi connectivity index (χ0v) is 15.1. The summed E-state index contributed by atoms with van der Waals surface area (Å²) in [5, 5.41) is 26.9. The minimum atomic E-state index is -1.02. The molecule has 0 radical (unpaired) electrons. The van der Waals surface area contributed by atoms with Crippen LogP contribution in [0.4, 0.5) is 11.4 Å². The minimum Gasteiger partial charge on any atom is -0.500 e. The number of carbonyl (C=O) groups excluding carboxylic acids is 2. The number of benzene rings is 2. The first-order chi connectivity index (χ1) is 13.3. The summed E-state index contributed by atoms with van der Waals surface area (Å²) in [5.74, 6) is -2.64. The lowest BCUT2D eigenvalue weighted by molar-refractivity contribution is -0.386. The van der Waals surface area contributed by atoms with Gasteiger partial charge in [-0.15, -0.1) is 0 Å². The zero-order valence-electron chi connectivity index (χ0n) is 15.1. The van der Waals surface area contributed by atoms with Crippen LogP contribution in [-0.2, 0) is 9.59 Å². The number of nitro groups is 1. The lowest BCUT2D eigenvalue weighted by atomic mass is 10.2. The molecular formula is C18H18N4O6. The number of hydrazone groups is 1. The van der Waals surface area contributed by atoms with E-state index in [1.165, 1.54) is 6.07 Å². The molecule has 2 rings (SSSR count). The van der Waals surface area contributed by atoms with Crippen LogP contribution in [0.15, 0.2) is 41.5 Å². The van der Waals surface area contributed by atoms with E-state index in [4.69, 9.17) is 4.74 Å². The van der Waals surface area contributed by atoms with Crippen LogP contribution in [0.1, 0.15) is 18.1 Å². The average Bonchev–Trinajstić information content (AvgIpc) is 2.65. The van der Waals surface area contributed by atoms with E-state index in [9.17, 15) is 24.8 Å². The first kappa shape index (κ1) is 20.4. The van der Waals surface area contributed by atoms with Crippen molar-refractivity contribution in [2.45, 2.75) is 13.8 Å². The number of aryl methyl sites for hydroxylation is 1. The monoisotopic (exact) mass is 386 g/mol. The van der Waals surface area contributed by atoms with Crippen LogP contribution in [0, 0.1) is 17.0 Å². The van der Waals surface area contributed by atoms with Crippen LogP contribution >= 0.6 is 0 Å². The number of phenols is 1. The number of anilines is 1. The molecule has 0 bridgehead atoms. The number of carbonyl (C=O) groups is 2. The lowest BCUT2D eigenvalue weighted by Crippen LogP contribution is -2.32. The van der Waals surface area contributed by atoms with Crippen molar-refractivity contribution < 1.29 is 24.4 Å². The molecule has 28 heavy (non-hydrogen) atoms. The van der Waals surface area contributed by atoms with Crippen molar-refractivity contribution in [3.05, 3.63) is 57.6 Å². The maximum atomic E-state index is 11.8. The van der Waals surface area contributed by atoms with E-state index in [-0.39, 0.29) is 17.9 Å². The Bertz CT molecular complexity index is 924. The van der Waals surface area contributed by atoms with Gasteiger partial charge in [0, 0.05) is 17.3 Å². The molecule has 3 N–H and O–H groups in total. The molecular weight excluding hydrogens is 368 g/mol. The third-order valence-electron chi connectivity index (χ3n) is 3.47. The highest BCUT2D eigenvalue weighted by Gasteiger charge is 2.20. The van der Waals surface area contributed by atoms with Crippen molar-refractivity contribution in [3.63, 3.8) is 0 Å². The van der Waals surface area contributed by atoms with Gasteiger partial charge in [-0.25, -0.2) is 5.43 Å². The summed E-state index contributed by atoms with van der Waals surface area (Å²) in [6.45, 7) is 3.72. The fourth-order valence-electron chi connectivity index (χ4n) is 2.13. The van der Waals surface area contributed by atoms with Gasteiger partial charge >= 0.3 is 17.5 Å². The Balaban J connectivity index is 2.06. The van der Waals surface area contributed by atoms with Crippen molar-refractivity contribution in [2.24, 2.45) is 5.10 Å². The molecule has 10 heteroatoms. The lowest BCUT2D eigenvalue weighted by Gasteiger charge is -2.07. The van der Waals surface area contributed by atoms with Crippen LogP contribution in [0.3, 0.4) is 0 Å². The summed E-state index contributed by atoms with van der Waals surface area (Å²) in [5.41, 5.74) is 3.09. The van der Waals surface area contributed by atoms with Gasteiger partial charge in [0.1, 0.15) is 0 Å². The zero-order chi connectivity index (χ0) is 20.7. The maximum Gasteiger partial charge on any atom is 0.329 e. The molecule has 0 aliphatic heterocycles. The Kier molecular flexibility index (Phi) is 6.63. The summed E-state index contributed by atoms with van der Waals surface area (Å²) in [6, 6.07) is 9.22. The third-order valence-corrected chi connectivity index (χ3v) is 3.47. The minimum absolute atomic E-state index is 0.0957. The summed E-state index contributed by atoms with van der Waals surface area (Å²) < 4.78 is 5.14. The van der Waals surface area contributed by atoms with Crippen molar-refractivity contribution >= 4 is 29.4 Å². The molecule has 2 aromatic carbocycles. The average molecular weight is 386 g/mol. The molecule has 2 amide bonds. The number of nitrogens with one attached hydrogen (secondary N) is 2. The second-order valence-electron chi connectivity index (χ2n) is 5.60. The van der Waals surface area contributed by atoms with E-state index in [1.54, 1.807) is 31.2 Å². The normalized spacial score (nSPS) is 10.5. The predicted molar refractivity (Wildman–Crippen MR) is 101 cm³/mol. The maximum absolute atomic E-state index is 11.8. The first-order valence-corrected chi connectivity index (χ1v) is 8.17. The molecule has 0 aliphatic carbocycles. The van der Waals surface area contributed by atoms with Crippen LogP contribution in [0.5, 0.6) is 11.5 Å². The van der Waals surface area contributed by atoms with Crippen LogP contribution in [-0.4, -0.2) is 34.7 Å². The van der Waals surface area contributed by atoms with Gasteiger partial charge in [-0.1, -0.05) is 17.7 Å². The predicted octanol–water partition coefficient (Wildman–Crippen LogP) is 2.10. The van der Waals surface area contributed by atoms with Crippen LogP contribution in [0.25, 0.3) is 0 Å². The van der Waals surface area contributed by atoms with Crippen molar-refractivity contribution in [2.75, 3.05) is 11.9 Å². The Morgan fingerprint density at radius 3 is 2.54 bits per heavy atom. The second-order valence-corrected chi connectivity index (χ2v) is 5.60. The van der Waals surface area contributed by atoms with E-state index in [2.05, 4.69) is 10.4 Å². The van der Waals surface area contributed by atoms with Crippen molar-refractivity contribution in [1.29, 1.82) is 0 Å². The van der Waals surface area contributed by atoms with Crippen molar-refractivity contribution in [3.8, 4) is 11.5 Å². The SMILES string of the molecule is CCOc1cc(/C=N\NC(=O)C(=O)Nc2ccc(C)cc2)cc([N+](=O)[O-])c1O. The second kappa shape index (κ2) is 9.12. The summed E-state index contributed by atoms with van der Waals surface area (Å²) >= 11 is 0. The van der Waals surface area contributed by atoms with Gasteiger partial charge in [-0.3, -0.25) is 19.7 Å². The Morgan fingerprint density at radius 2 is 1.93 bits per heavy atom. The molecule has 0 saturated heterocycles. The first-order valence-electron chi connectivity index (χ1n) is 8.17. The Morgan fingerprint density at radius 1 is 1.25 bits per heavy atom. The summed E-state index contributed by atoms with van der Waals surface area (Å²) in [7, 11) is 0. The van der Waals surface area contributed by atoms with Gasteiger partial charge in [0.25, 0.3) is 0 Å². The number of nitro benzene ring substituents is 1. The largest absolute Gasteiger partial charge is 0.500 e. The van der Waals surface area contributed by atoms with Gasteiger partial charge in [0.05, 0.1) is 17.7 Å². The van der Waals surface area contributed by atoms with Gasteiger partial charge < -0.3 is 15.2 Å². The number of phenolic OH excluding ortho intramolecular Hbond substituents is 1. The molecule has 0 spiro atoms.